The minimum absolute atomic E-state index is 0.0168. The number of carbonyl (C=O) groups is 2. The van der Waals surface area contributed by atoms with Gasteiger partial charge in [-0.1, -0.05) is 60.7 Å². The molecule has 7 heteroatoms. The Morgan fingerprint density at radius 1 is 0.970 bits per heavy atom. The molecule has 5 rings (SSSR count). The quantitative estimate of drug-likeness (QED) is 0.355. The average Bonchev–Trinajstić information content (AvgIpc) is 3.31. The van der Waals surface area contributed by atoms with Gasteiger partial charge in [-0.25, -0.2) is 0 Å². The number of Topliss-reactive ketones (excluding diaryl/α,β-unsaturated/α-hetero) is 1. The number of hydrogen-bond donors (Lipinski definition) is 2. The van der Waals surface area contributed by atoms with Crippen LogP contribution in [0.4, 0.5) is 5.69 Å². The van der Waals surface area contributed by atoms with Crippen molar-refractivity contribution in [1.29, 1.82) is 5.26 Å². The second kappa shape index (κ2) is 8.44. The smallest absolute Gasteiger partial charge is 0.249 e. The molecule has 160 valence electrons. The number of hydrogen-bond acceptors (Lipinski definition) is 5. The summed E-state index contributed by atoms with van der Waals surface area (Å²) in [5.74, 6) is -2.31. The number of nitrogens with one attached hydrogen (secondary N) is 2. The van der Waals surface area contributed by atoms with Gasteiger partial charge in [-0.15, -0.1) is 0 Å². The number of anilines is 1. The van der Waals surface area contributed by atoms with Gasteiger partial charge in [-0.3, -0.25) is 14.7 Å². The number of amides is 1. The van der Waals surface area contributed by atoms with E-state index in [4.69, 9.17) is 4.74 Å². The second-order valence-electron chi connectivity index (χ2n) is 7.55. The fourth-order valence-corrected chi connectivity index (χ4v) is 3.93. The Morgan fingerprint density at radius 3 is 2.36 bits per heavy atom. The molecular formula is C26H18N4O3. The Morgan fingerprint density at radius 2 is 1.64 bits per heavy atom. The van der Waals surface area contributed by atoms with Crippen molar-refractivity contribution in [3.8, 4) is 23.1 Å². The third-order valence-electron chi connectivity index (χ3n) is 5.50. The summed E-state index contributed by atoms with van der Waals surface area (Å²) in [6.45, 7) is 0. The normalized spacial score (nSPS) is 14.7. The highest BCUT2D eigenvalue weighted by Gasteiger charge is 2.38. The first-order valence-corrected chi connectivity index (χ1v) is 10.4. The summed E-state index contributed by atoms with van der Waals surface area (Å²) >= 11 is 0. The van der Waals surface area contributed by atoms with Gasteiger partial charge in [-0.05, 0) is 29.8 Å². The van der Waals surface area contributed by atoms with Crippen molar-refractivity contribution in [2.75, 3.05) is 5.32 Å². The van der Waals surface area contributed by atoms with Crippen LogP contribution < -0.4 is 10.1 Å². The van der Waals surface area contributed by atoms with E-state index in [9.17, 15) is 14.9 Å². The predicted molar refractivity (Wildman–Crippen MR) is 121 cm³/mol. The van der Waals surface area contributed by atoms with E-state index < -0.39 is 23.7 Å². The van der Waals surface area contributed by atoms with E-state index in [1.54, 1.807) is 30.3 Å². The maximum atomic E-state index is 13.4. The second-order valence-corrected chi connectivity index (χ2v) is 7.55. The first-order valence-electron chi connectivity index (χ1n) is 10.4. The van der Waals surface area contributed by atoms with Crippen molar-refractivity contribution < 1.29 is 14.3 Å². The molecule has 0 aliphatic carbocycles. The van der Waals surface area contributed by atoms with E-state index in [-0.39, 0.29) is 5.69 Å². The molecule has 0 saturated heterocycles. The summed E-state index contributed by atoms with van der Waals surface area (Å²) < 4.78 is 6.27. The number of aromatic amines is 1. The molecule has 33 heavy (non-hydrogen) atoms. The number of ether oxygens (including phenoxy) is 1. The van der Waals surface area contributed by atoms with Crippen molar-refractivity contribution >= 4 is 17.4 Å². The number of benzene rings is 3. The molecule has 3 aromatic carbocycles. The number of ketones is 1. The molecule has 1 aliphatic rings. The molecule has 0 spiro atoms. The Hall–Kier alpha value is -4.70. The van der Waals surface area contributed by atoms with Crippen LogP contribution in [0.25, 0.3) is 11.3 Å². The van der Waals surface area contributed by atoms with Crippen molar-refractivity contribution in [3.63, 3.8) is 0 Å². The van der Waals surface area contributed by atoms with Crippen molar-refractivity contribution in [1.82, 2.24) is 10.2 Å². The van der Waals surface area contributed by atoms with E-state index in [0.29, 0.717) is 22.7 Å². The Labute approximate surface area is 189 Å². The number of aromatic nitrogens is 2. The molecular weight excluding hydrogens is 416 g/mol. The van der Waals surface area contributed by atoms with Gasteiger partial charge in [0.1, 0.15) is 11.4 Å². The minimum Gasteiger partial charge on any atom is -0.480 e. The SMILES string of the molecule is N#CC(C(=O)Nc1ccccc1)C(=O)c1n[nH]c2c1C(c1ccccc1)Oc1ccccc1-2. The van der Waals surface area contributed by atoms with Crippen LogP contribution in [-0.2, 0) is 4.79 Å². The van der Waals surface area contributed by atoms with Crippen LogP contribution in [0.15, 0.2) is 84.9 Å². The number of rotatable bonds is 5. The number of H-pyrrole nitrogens is 1. The van der Waals surface area contributed by atoms with Gasteiger partial charge in [0.15, 0.2) is 12.0 Å². The summed E-state index contributed by atoms with van der Waals surface area (Å²) in [6.07, 6.45) is -0.620. The van der Waals surface area contributed by atoms with Gasteiger partial charge in [0.2, 0.25) is 11.7 Å². The molecule has 1 aliphatic heterocycles. The molecule has 0 bridgehead atoms. The zero-order valence-electron chi connectivity index (χ0n) is 17.4. The highest BCUT2D eigenvalue weighted by atomic mass is 16.5. The first-order chi connectivity index (χ1) is 16.2. The standard InChI is InChI=1S/C26H18N4O3/c27-15-19(26(32)28-17-11-5-2-6-12-17)24(31)23-21-22(29-30-23)18-13-7-8-14-20(18)33-25(21)16-9-3-1-4-10-16/h1-14,19,25H,(H,28,32)(H,29,30). The van der Waals surface area contributed by atoms with Gasteiger partial charge < -0.3 is 10.1 Å². The molecule has 0 fully saturated rings. The topological polar surface area (TPSA) is 108 Å². The lowest BCUT2D eigenvalue weighted by atomic mass is 9.89. The Balaban J connectivity index is 1.56. The van der Waals surface area contributed by atoms with Crippen LogP contribution in [0.3, 0.4) is 0 Å². The number of para-hydroxylation sites is 2. The first kappa shape index (κ1) is 20.2. The highest BCUT2D eigenvalue weighted by Crippen LogP contribution is 2.45. The fourth-order valence-electron chi connectivity index (χ4n) is 3.93. The Bertz CT molecular complexity index is 1370. The van der Waals surface area contributed by atoms with Crippen molar-refractivity contribution in [2.24, 2.45) is 5.92 Å². The van der Waals surface area contributed by atoms with Gasteiger partial charge in [0.05, 0.1) is 17.3 Å². The number of fused-ring (bicyclic) bond motifs is 3. The largest absolute Gasteiger partial charge is 0.480 e. The third-order valence-corrected chi connectivity index (χ3v) is 5.50. The van der Waals surface area contributed by atoms with Crippen molar-refractivity contribution in [2.45, 2.75) is 6.10 Å². The fraction of sp³-hybridized carbons (Fsp3) is 0.0769. The molecule has 1 aromatic heterocycles. The lowest BCUT2D eigenvalue weighted by Gasteiger charge is -2.27. The van der Waals surface area contributed by atoms with Gasteiger partial charge >= 0.3 is 0 Å². The van der Waals surface area contributed by atoms with Crippen LogP contribution >= 0.6 is 0 Å². The summed E-state index contributed by atoms with van der Waals surface area (Å²) in [6, 6.07) is 27.4. The highest BCUT2D eigenvalue weighted by molar-refractivity contribution is 6.16. The third kappa shape index (κ3) is 3.64. The molecule has 2 heterocycles. The molecule has 0 saturated carbocycles. The van der Waals surface area contributed by atoms with Gasteiger partial charge in [-0.2, -0.15) is 10.4 Å². The minimum atomic E-state index is -1.56. The van der Waals surface area contributed by atoms with Crippen LogP contribution in [0.1, 0.15) is 27.7 Å². The molecule has 2 N–H and O–H groups in total. The van der Waals surface area contributed by atoms with Gasteiger partial charge in [0, 0.05) is 11.3 Å². The zero-order chi connectivity index (χ0) is 22.8. The predicted octanol–water partition coefficient (Wildman–Crippen LogP) is 4.52. The van der Waals surface area contributed by atoms with E-state index in [1.165, 1.54) is 0 Å². The number of carbonyl (C=O) groups excluding carboxylic acids is 2. The van der Waals surface area contributed by atoms with Crippen LogP contribution in [-0.4, -0.2) is 21.9 Å². The molecule has 2 unspecified atom stereocenters. The molecule has 0 radical (unpaired) electrons. The van der Waals surface area contributed by atoms with E-state index >= 15 is 0 Å². The average molecular weight is 434 g/mol. The lowest BCUT2D eigenvalue weighted by molar-refractivity contribution is -0.117. The number of nitrogens with zero attached hydrogens (tertiary/aromatic N) is 2. The van der Waals surface area contributed by atoms with Gasteiger partial charge in [0.25, 0.3) is 0 Å². The lowest BCUT2D eigenvalue weighted by Crippen LogP contribution is -2.30. The maximum absolute atomic E-state index is 13.4. The van der Waals surface area contributed by atoms with Crippen LogP contribution in [0, 0.1) is 17.2 Å². The maximum Gasteiger partial charge on any atom is 0.249 e. The van der Waals surface area contributed by atoms with E-state index in [2.05, 4.69) is 15.5 Å². The summed E-state index contributed by atoms with van der Waals surface area (Å²) in [4.78, 5) is 26.2. The molecule has 1 amide bonds. The van der Waals surface area contributed by atoms with Crippen LogP contribution in [0.2, 0.25) is 0 Å². The van der Waals surface area contributed by atoms with Crippen molar-refractivity contribution in [3.05, 3.63) is 102 Å². The zero-order valence-corrected chi connectivity index (χ0v) is 17.4. The summed E-state index contributed by atoms with van der Waals surface area (Å²) in [5.41, 5.74) is 3.24. The molecule has 4 aromatic rings. The van der Waals surface area contributed by atoms with E-state index in [1.807, 2.05) is 60.7 Å². The number of nitriles is 1. The molecule has 2 atom stereocenters. The molecule has 7 nitrogen and oxygen atoms in total. The Kier molecular flexibility index (Phi) is 5.17. The summed E-state index contributed by atoms with van der Waals surface area (Å²) in [7, 11) is 0. The van der Waals surface area contributed by atoms with E-state index in [0.717, 1.165) is 11.1 Å². The van der Waals surface area contributed by atoms with Crippen LogP contribution in [0.5, 0.6) is 5.75 Å². The summed E-state index contributed by atoms with van der Waals surface area (Å²) in [5, 5.41) is 19.5. The monoisotopic (exact) mass is 434 g/mol.